The van der Waals surface area contributed by atoms with E-state index in [1.165, 1.54) is 11.8 Å². The van der Waals surface area contributed by atoms with Crippen molar-refractivity contribution in [3.8, 4) is 0 Å². The molecule has 3 aromatic rings. The number of nitrogens with one attached hydrogen (secondary N) is 1. The van der Waals surface area contributed by atoms with Gasteiger partial charge in [0.25, 0.3) is 0 Å². The topological polar surface area (TPSA) is 72.7 Å². The summed E-state index contributed by atoms with van der Waals surface area (Å²) in [4.78, 5) is 16.4. The number of hydrogen-bond donors (Lipinski definition) is 1. The van der Waals surface area contributed by atoms with Gasteiger partial charge in [0, 0.05) is 18.5 Å². The summed E-state index contributed by atoms with van der Waals surface area (Å²) in [5, 5.41) is 13.0. The third-order valence-electron chi connectivity index (χ3n) is 3.86. The second-order valence-electron chi connectivity index (χ2n) is 5.52. The summed E-state index contributed by atoms with van der Waals surface area (Å²) < 4.78 is 2.13. The van der Waals surface area contributed by atoms with E-state index in [1.807, 2.05) is 18.2 Å². The maximum absolute atomic E-state index is 11.8. The van der Waals surface area contributed by atoms with Crippen LogP contribution in [0.5, 0.6) is 0 Å². The highest BCUT2D eigenvalue weighted by Gasteiger charge is 2.14. The van der Waals surface area contributed by atoms with Crippen LogP contribution in [-0.2, 0) is 11.3 Å². The van der Waals surface area contributed by atoms with Crippen LogP contribution < -0.4 is 5.32 Å². The average molecular weight is 343 g/mol. The summed E-state index contributed by atoms with van der Waals surface area (Å²) in [7, 11) is 0. The van der Waals surface area contributed by atoms with E-state index in [0.29, 0.717) is 10.9 Å². The Hall–Kier alpha value is -2.15. The lowest BCUT2D eigenvalue weighted by Crippen LogP contribution is -2.26. The first-order chi connectivity index (χ1) is 11.7. The monoisotopic (exact) mass is 343 g/mol. The van der Waals surface area contributed by atoms with E-state index in [2.05, 4.69) is 45.0 Å². The number of amides is 1. The summed E-state index contributed by atoms with van der Waals surface area (Å²) in [5.41, 5.74) is 2.74. The maximum Gasteiger partial charge on any atom is 0.230 e. The minimum Gasteiger partial charge on any atom is -0.355 e. The molecule has 126 valence electrons. The lowest BCUT2D eigenvalue weighted by Gasteiger charge is -2.04. The Balaban J connectivity index is 1.81. The highest BCUT2D eigenvalue weighted by atomic mass is 32.2. The van der Waals surface area contributed by atoms with Gasteiger partial charge in [-0.05, 0) is 19.4 Å². The average Bonchev–Trinajstić information content (AvgIpc) is 2.93. The van der Waals surface area contributed by atoms with Crippen LogP contribution in [0.3, 0.4) is 0 Å². The number of fused-ring (bicyclic) bond motifs is 3. The SMILES string of the molecule is CCCCNC(=O)CSc1nnc2c3ccccc3n(CC)c2n1. The number of nitrogens with zero attached hydrogens (tertiary/aromatic N) is 4. The van der Waals surface area contributed by atoms with E-state index >= 15 is 0 Å². The van der Waals surface area contributed by atoms with E-state index in [1.54, 1.807) is 0 Å². The van der Waals surface area contributed by atoms with E-state index in [0.717, 1.165) is 48.0 Å². The number of para-hydroxylation sites is 1. The quantitative estimate of drug-likeness (QED) is 0.527. The second-order valence-corrected chi connectivity index (χ2v) is 6.46. The minimum atomic E-state index is 0.00758. The van der Waals surface area contributed by atoms with Crippen LogP contribution in [-0.4, -0.2) is 38.0 Å². The molecule has 1 N–H and O–H groups in total. The molecule has 0 atom stereocenters. The van der Waals surface area contributed by atoms with Gasteiger partial charge in [-0.3, -0.25) is 4.79 Å². The molecule has 0 aliphatic heterocycles. The van der Waals surface area contributed by atoms with Crippen molar-refractivity contribution in [2.45, 2.75) is 38.4 Å². The number of thioether (sulfide) groups is 1. The van der Waals surface area contributed by atoms with Crippen molar-refractivity contribution in [1.29, 1.82) is 0 Å². The van der Waals surface area contributed by atoms with Gasteiger partial charge in [0.05, 0.1) is 11.3 Å². The van der Waals surface area contributed by atoms with E-state index in [-0.39, 0.29) is 5.91 Å². The second kappa shape index (κ2) is 7.61. The molecule has 7 heteroatoms. The van der Waals surface area contributed by atoms with E-state index in [4.69, 9.17) is 0 Å². The van der Waals surface area contributed by atoms with Crippen LogP contribution in [0.1, 0.15) is 26.7 Å². The van der Waals surface area contributed by atoms with Gasteiger partial charge >= 0.3 is 0 Å². The zero-order valence-electron chi connectivity index (χ0n) is 14.0. The first-order valence-electron chi connectivity index (χ1n) is 8.25. The molecule has 0 spiro atoms. The van der Waals surface area contributed by atoms with Crippen LogP contribution >= 0.6 is 11.8 Å². The minimum absolute atomic E-state index is 0.00758. The fourth-order valence-corrected chi connectivity index (χ4v) is 3.27. The highest BCUT2D eigenvalue weighted by Crippen LogP contribution is 2.26. The number of aryl methyl sites for hydroxylation is 1. The number of unbranched alkanes of at least 4 members (excludes halogenated alkanes) is 1. The summed E-state index contributed by atoms with van der Waals surface area (Å²) in [5.74, 6) is 0.316. The predicted molar refractivity (Wildman–Crippen MR) is 97.1 cm³/mol. The maximum atomic E-state index is 11.8. The molecule has 24 heavy (non-hydrogen) atoms. The van der Waals surface area contributed by atoms with Crippen molar-refractivity contribution in [2.75, 3.05) is 12.3 Å². The number of benzene rings is 1. The van der Waals surface area contributed by atoms with Gasteiger partial charge in [0.1, 0.15) is 5.52 Å². The van der Waals surface area contributed by atoms with Crippen molar-refractivity contribution in [2.24, 2.45) is 0 Å². The summed E-state index contributed by atoms with van der Waals surface area (Å²) in [6.45, 7) is 5.72. The van der Waals surface area contributed by atoms with Crippen LogP contribution in [0.4, 0.5) is 0 Å². The van der Waals surface area contributed by atoms with Gasteiger partial charge in [-0.25, -0.2) is 4.98 Å². The van der Waals surface area contributed by atoms with Crippen LogP contribution in [0, 0.1) is 0 Å². The third kappa shape index (κ3) is 3.36. The molecule has 0 fully saturated rings. The Labute approximate surface area is 145 Å². The number of aromatic nitrogens is 4. The number of rotatable bonds is 7. The molecule has 1 aromatic carbocycles. The summed E-state index contributed by atoms with van der Waals surface area (Å²) in [6.07, 6.45) is 2.07. The lowest BCUT2D eigenvalue weighted by atomic mass is 10.2. The molecule has 0 saturated heterocycles. The highest BCUT2D eigenvalue weighted by molar-refractivity contribution is 7.99. The van der Waals surface area contributed by atoms with E-state index < -0.39 is 0 Å². The van der Waals surface area contributed by atoms with Gasteiger partial charge in [0.15, 0.2) is 5.65 Å². The van der Waals surface area contributed by atoms with Crippen LogP contribution in [0.15, 0.2) is 29.4 Å². The molecular weight excluding hydrogens is 322 g/mol. The molecule has 0 saturated carbocycles. The molecule has 1 amide bonds. The Morgan fingerprint density at radius 1 is 1.25 bits per heavy atom. The molecule has 2 heterocycles. The van der Waals surface area contributed by atoms with Gasteiger partial charge in [0.2, 0.25) is 11.1 Å². The molecule has 6 nitrogen and oxygen atoms in total. The molecule has 0 radical (unpaired) electrons. The van der Waals surface area contributed by atoms with Crippen molar-refractivity contribution in [3.05, 3.63) is 24.3 Å². The van der Waals surface area contributed by atoms with E-state index in [9.17, 15) is 4.79 Å². The molecule has 0 aliphatic rings. The van der Waals surface area contributed by atoms with Crippen molar-refractivity contribution in [3.63, 3.8) is 0 Å². The van der Waals surface area contributed by atoms with Gasteiger partial charge in [-0.1, -0.05) is 43.3 Å². The van der Waals surface area contributed by atoms with Gasteiger partial charge in [-0.15, -0.1) is 10.2 Å². The van der Waals surface area contributed by atoms with Crippen molar-refractivity contribution in [1.82, 2.24) is 25.1 Å². The van der Waals surface area contributed by atoms with Gasteiger partial charge < -0.3 is 9.88 Å². The summed E-state index contributed by atoms with van der Waals surface area (Å²) >= 11 is 1.32. The van der Waals surface area contributed by atoms with Crippen molar-refractivity contribution < 1.29 is 4.79 Å². The summed E-state index contributed by atoms with van der Waals surface area (Å²) in [6, 6.07) is 8.11. The Morgan fingerprint density at radius 2 is 2.08 bits per heavy atom. The smallest absolute Gasteiger partial charge is 0.230 e. The Morgan fingerprint density at radius 3 is 2.88 bits per heavy atom. The number of carbonyl (C=O) groups excluding carboxylic acids is 1. The largest absolute Gasteiger partial charge is 0.355 e. The Kier molecular flexibility index (Phi) is 5.30. The molecular formula is C17H21N5OS. The fraction of sp³-hybridized carbons (Fsp3) is 0.412. The lowest BCUT2D eigenvalue weighted by molar-refractivity contribution is -0.118. The van der Waals surface area contributed by atoms with Crippen LogP contribution in [0.2, 0.25) is 0 Å². The zero-order chi connectivity index (χ0) is 16.9. The molecule has 0 bridgehead atoms. The molecule has 0 unspecified atom stereocenters. The molecule has 0 aliphatic carbocycles. The molecule has 3 rings (SSSR count). The van der Waals surface area contributed by atoms with Gasteiger partial charge in [-0.2, -0.15) is 0 Å². The first kappa shape index (κ1) is 16.7. The normalized spacial score (nSPS) is 11.2. The van der Waals surface area contributed by atoms with Crippen LogP contribution in [0.25, 0.3) is 22.1 Å². The standard InChI is InChI=1S/C17H21N5OS/c1-3-5-10-18-14(23)11-24-17-19-16-15(20-21-17)12-8-6-7-9-13(12)22(16)4-2/h6-9H,3-5,10-11H2,1-2H3,(H,18,23). The third-order valence-corrected chi connectivity index (χ3v) is 4.69. The molecule has 2 aromatic heterocycles. The number of carbonyl (C=O) groups is 1. The van der Waals surface area contributed by atoms with Crippen molar-refractivity contribution >= 4 is 39.7 Å². The Bertz CT molecular complexity index is 861. The fourth-order valence-electron chi connectivity index (χ4n) is 2.66. The number of hydrogen-bond acceptors (Lipinski definition) is 5. The zero-order valence-corrected chi connectivity index (χ0v) is 14.8. The first-order valence-corrected chi connectivity index (χ1v) is 9.24. The predicted octanol–water partition coefficient (Wildman–Crippen LogP) is 3.01.